The number of hydrogen-bond acceptors (Lipinski definition) is 3. The van der Waals surface area contributed by atoms with Crippen molar-refractivity contribution in [2.75, 3.05) is 6.61 Å². The molecule has 1 rings (SSSR count). The molecule has 0 aliphatic carbocycles. The third kappa shape index (κ3) is 4.68. The Hall–Kier alpha value is -1.00. The molecule has 3 nitrogen and oxygen atoms in total. The zero-order valence-corrected chi connectivity index (χ0v) is 11.4. The van der Waals surface area contributed by atoms with Crippen molar-refractivity contribution in [2.45, 2.75) is 32.7 Å². The van der Waals surface area contributed by atoms with Gasteiger partial charge in [0.05, 0.1) is 6.10 Å². The van der Waals surface area contributed by atoms with E-state index in [0.717, 1.165) is 5.75 Å². The van der Waals surface area contributed by atoms with Crippen LogP contribution >= 0.6 is 0 Å². The highest BCUT2D eigenvalue weighted by Crippen LogP contribution is 2.28. The molecule has 0 saturated heterocycles. The van der Waals surface area contributed by atoms with E-state index in [4.69, 9.17) is 9.16 Å². The molecule has 0 aromatic heterocycles. The summed E-state index contributed by atoms with van der Waals surface area (Å²) in [4.78, 5) is 0. The van der Waals surface area contributed by atoms with Gasteiger partial charge in [0.1, 0.15) is 12.4 Å². The van der Waals surface area contributed by atoms with E-state index in [1.54, 1.807) is 6.92 Å². The van der Waals surface area contributed by atoms with Gasteiger partial charge in [0, 0.05) is 0 Å². The predicted octanol–water partition coefficient (Wildman–Crippen LogP) is 2.66. The minimum Gasteiger partial charge on any atom is -0.542 e. The van der Waals surface area contributed by atoms with Crippen LogP contribution in [0.4, 0.5) is 0 Å². The van der Waals surface area contributed by atoms with Gasteiger partial charge in [-0.25, -0.2) is 0 Å². The molecule has 16 heavy (non-hydrogen) atoms. The molecule has 0 fully saturated rings. The lowest BCUT2D eigenvalue weighted by Crippen LogP contribution is -2.29. The number of aliphatic hydroxyl groups excluding tert-OH is 1. The minimum atomic E-state index is -1.63. The molecule has 0 spiro atoms. The molecule has 1 aromatic carbocycles. The van der Waals surface area contributed by atoms with Crippen LogP contribution in [-0.4, -0.2) is 26.1 Å². The van der Waals surface area contributed by atoms with Gasteiger partial charge in [0.15, 0.2) is 5.75 Å². The van der Waals surface area contributed by atoms with Gasteiger partial charge in [-0.2, -0.15) is 0 Å². The summed E-state index contributed by atoms with van der Waals surface area (Å²) < 4.78 is 11.4. The molecular weight excluding hydrogens is 220 g/mol. The van der Waals surface area contributed by atoms with E-state index >= 15 is 0 Å². The van der Waals surface area contributed by atoms with Crippen molar-refractivity contribution in [2.24, 2.45) is 0 Å². The lowest BCUT2D eigenvalue weighted by atomic mass is 10.3. The predicted molar refractivity (Wildman–Crippen MR) is 67.6 cm³/mol. The molecule has 0 radical (unpaired) electrons. The zero-order chi connectivity index (χ0) is 12.2. The lowest BCUT2D eigenvalue weighted by molar-refractivity contribution is 0.121. The fourth-order valence-corrected chi connectivity index (χ4v) is 2.02. The molecule has 1 aromatic rings. The fourth-order valence-electron chi connectivity index (χ4n) is 1.19. The monoisotopic (exact) mass is 240 g/mol. The lowest BCUT2D eigenvalue weighted by Gasteiger charge is -2.21. The molecule has 90 valence electrons. The van der Waals surface area contributed by atoms with E-state index in [0.29, 0.717) is 5.75 Å². The standard InChI is InChI=1S/C12H20O3Si/c1-10(13)9-14-11-7-5-6-8-12(11)15-16(2,3)4/h5-8,10,13H,9H2,1-4H3/t10-/m1/s1. The van der Waals surface area contributed by atoms with E-state index in [1.165, 1.54) is 0 Å². The summed E-state index contributed by atoms with van der Waals surface area (Å²) >= 11 is 0. The molecule has 4 heteroatoms. The number of benzene rings is 1. The normalized spacial score (nSPS) is 13.3. The minimum absolute atomic E-state index is 0.284. The summed E-state index contributed by atoms with van der Waals surface area (Å²) in [6.07, 6.45) is -0.472. The van der Waals surface area contributed by atoms with Crippen molar-refractivity contribution in [3.8, 4) is 11.5 Å². The van der Waals surface area contributed by atoms with Crippen molar-refractivity contribution in [3.63, 3.8) is 0 Å². The summed E-state index contributed by atoms with van der Waals surface area (Å²) in [6, 6.07) is 7.58. The van der Waals surface area contributed by atoms with Crippen LogP contribution in [0.25, 0.3) is 0 Å². The van der Waals surface area contributed by atoms with Crippen molar-refractivity contribution < 1.29 is 14.3 Å². The third-order valence-corrected chi connectivity index (χ3v) is 2.58. The highest BCUT2D eigenvalue weighted by atomic mass is 28.4. The Bertz CT molecular complexity index is 331. The molecule has 0 saturated carbocycles. The highest BCUT2D eigenvalue weighted by molar-refractivity contribution is 6.70. The molecule has 0 unspecified atom stereocenters. The highest BCUT2D eigenvalue weighted by Gasteiger charge is 2.18. The quantitative estimate of drug-likeness (QED) is 0.804. The van der Waals surface area contributed by atoms with Gasteiger partial charge in [0.25, 0.3) is 0 Å². The number of para-hydroxylation sites is 2. The zero-order valence-electron chi connectivity index (χ0n) is 10.4. The van der Waals surface area contributed by atoms with Gasteiger partial charge in [-0.15, -0.1) is 0 Å². The first-order chi connectivity index (χ1) is 7.38. The topological polar surface area (TPSA) is 38.7 Å². The van der Waals surface area contributed by atoms with Gasteiger partial charge in [-0.3, -0.25) is 0 Å². The Kier molecular flexibility index (Phi) is 4.38. The first-order valence-corrected chi connectivity index (χ1v) is 8.88. The Morgan fingerprint density at radius 3 is 2.25 bits per heavy atom. The third-order valence-electron chi connectivity index (χ3n) is 1.75. The van der Waals surface area contributed by atoms with Gasteiger partial charge in [-0.1, -0.05) is 12.1 Å². The second-order valence-corrected chi connectivity index (χ2v) is 9.25. The van der Waals surface area contributed by atoms with Gasteiger partial charge in [0.2, 0.25) is 8.32 Å². The molecule has 0 amide bonds. The Morgan fingerprint density at radius 1 is 1.19 bits per heavy atom. The average Bonchev–Trinajstić information content (AvgIpc) is 2.14. The van der Waals surface area contributed by atoms with Crippen LogP contribution < -0.4 is 9.16 Å². The van der Waals surface area contributed by atoms with Crippen molar-refractivity contribution in [1.82, 2.24) is 0 Å². The summed E-state index contributed by atoms with van der Waals surface area (Å²) in [6.45, 7) is 8.35. The molecule has 0 bridgehead atoms. The van der Waals surface area contributed by atoms with Crippen LogP contribution in [0, 0.1) is 0 Å². The van der Waals surface area contributed by atoms with E-state index in [2.05, 4.69) is 19.6 Å². The van der Waals surface area contributed by atoms with Crippen molar-refractivity contribution >= 4 is 8.32 Å². The van der Waals surface area contributed by atoms with Crippen LogP contribution in [0.2, 0.25) is 19.6 Å². The van der Waals surface area contributed by atoms with E-state index in [9.17, 15) is 5.11 Å². The first-order valence-electron chi connectivity index (χ1n) is 5.47. The van der Waals surface area contributed by atoms with Crippen LogP contribution in [0.1, 0.15) is 6.92 Å². The van der Waals surface area contributed by atoms with Crippen LogP contribution in [0.5, 0.6) is 11.5 Å². The molecule has 0 aliphatic rings. The van der Waals surface area contributed by atoms with Crippen molar-refractivity contribution in [1.29, 1.82) is 0 Å². The fraction of sp³-hybridized carbons (Fsp3) is 0.500. The Balaban J connectivity index is 2.75. The van der Waals surface area contributed by atoms with Crippen molar-refractivity contribution in [3.05, 3.63) is 24.3 Å². The molecule has 1 N–H and O–H groups in total. The summed E-state index contributed by atoms with van der Waals surface area (Å²) in [5, 5.41) is 9.18. The van der Waals surface area contributed by atoms with Crippen LogP contribution in [0.15, 0.2) is 24.3 Å². The molecular formula is C12H20O3Si. The van der Waals surface area contributed by atoms with Gasteiger partial charge < -0.3 is 14.3 Å². The maximum atomic E-state index is 9.18. The van der Waals surface area contributed by atoms with Crippen LogP contribution in [0.3, 0.4) is 0 Å². The second-order valence-electron chi connectivity index (χ2n) is 4.82. The average molecular weight is 240 g/mol. The maximum absolute atomic E-state index is 9.18. The van der Waals surface area contributed by atoms with Crippen LogP contribution in [-0.2, 0) is 0 Å². The Morgan fingerprint density at radius 2 is 1.75 bits per heavy atom. The van der Waals surface area contributed by atoms with E-state index in [-0.39, 0.29) is 6.61 Å². The Labute approximate surface area is 98.1 Å². The summed E-state index contributed by atoms with van der Waals surface area (Å²) in [5.74, 6) is 1.47. The molecule has 0 heterocycles. The number of hydrogen-bond donors (Lipinski definition) is 1. The number of rotatable bonds is 5. The largest absolute Gasteiger partial charge is 0.542 e. The van der Waals surface area contributed by atoms with Gasteiger partial charge in [-0.05, 0) is 38.7 Å². The summed E-state index contributed by atoms with van der Waals surface area (Å²) in [5.41, 5.74) is 0. The van der Waals surface area contributed by atoms with Gasteiger partial charge >= 0.3 is 0 Å². The maximum Gasteiger partial charge on any atom is 0.242 e. The van der Waals surface area contributed by atoms with E-state index in [1.807, 2.05) is 24.3 Å². The smallest absolute Gasteiger partial charge is 0.242 e. The summed E-state index contributed by atoms with van der Waals surface area (Å²) in [7, 11) is -1.63. The SMILES string of the molecule is C[C@@H](O)COc1ccccc1O[Si](C)(C)C. The molecule has 0 aliphatic heterocycles. The second kappa shape index (κ2) is 5.36. The molecule has 1 atom stereocenters. The first kappa shape index (κ1) is 13.1. The number of ether oxygens (including phenoxy) is 1. The van der Waals surface area contributed by atoms with E-state index < -0.39 is 14.4 Å². The number of aliphatic hydroxyl groups is 1.